The van der Waals surface area contributed by atoms with Crippen LogP contribution in [0.25, 0.3) is 0 Å². The van der Waals surface area contributed by atoms with Gasteiger partial charge in [-0.2, -0.15) is 0 Å². The number of hydrogen-bond acceptors (Lipinski definition) is 8. The van der Waals surface area contributed by atoms with Gasteiger partial charge in [0.1, 0.15) is 17.9 Å². The van der Waals surface area contributed by atoms with Gasteiger partial charge in [-0.05, 0) is 22.9 Å². The van der Waals surface area contributed by atoms with Gasteiger partial charge in [0, 0.05) is 11.3 Å². The summed E-state index contributed by atoms with van der Waals surface area (Å²) in [5, 5.41) is 2.43. The third-order valence-corrected chi connectivity index (χ3v) is 6.00. The highest BCUT2D eigenvalue weighted by Crippen LogP contribution is 2.32. The van der Waals surface area contributed by atoms with Gasteiger partial charge in [-0.25, -0.2) is 9.63 Å². The average Bonchev–Trinajstić information content (AvgIpc) is 3.32. The van der Waals surface area contributed by atoms with E-state index in [1.54, 1.807) is 12.1 Å². The van der Waals surface area contributed by atoms with Crippen molar-refractivity contribution in [3.63, 3.8) is 0 Å². The van der Waals surface area contributed by atoms with Gasteiger partial charge in [0.2, 0.25) is 12.0 Å². The van der Waals surface area contributed by atoms with Crippen LogP contribution in [-0.4, -0.2) is 53.0 Å². The molecule has 0 aromatic heterocycles. The third kappa shape index (κ3) is 5.27. The molecule has 2 aliphatic rings. The van der Waals surface area contributed by atoms with Gasteiger partial charge < -0.3 is 14.9 Å². The fourth-order valence-electron chi connectivity index (χ4n) is 3.21. The van der Waals surface area contributed by atoms with Crippen molar-refractivity contribution >= 4 is 35.5 Å². The molecule has 2 aromatic rings. The van der Waals surface area contributed by atoms with Crippen LogP contribution in [0, 0.1) is 0 Å². The lowest BCUT2D eigenvalue weighted by atomic mass is 10.1. The molecule has 0 spiro atoms. The predicted molar refractivity (Wildman–Crippen MR) is 112 cm³/mol. The van der Waals surface area contributed by atoms with Gasteiger partial charge >= 0.3 is 17.8 Å². The maximum absolute atomic E-state index is 12.4. The number of benzene rings is 2. The van der Waals surface area contributed by atoms with E-state index in [-0.39, 0.29) is 25.4 Å². The SMILES string of the molecule is O=C(Cc1ccccc1)N[C@H]1CON(OC(=O)C2CC(Sc3ccccc3)C(=O)O2)C1=O. The molecule has 166 valence electrons. The molecule has 9 nitrogen and oxygen atoms in total. The normalized spacial score (nSPS) is 22.5. The van der Waals surface area contributed by atoms with E-state index in [0.29, 0.717) is 5.23 Å². The summed E-state index contributed by atoms with van der Waals surface area (Å²) in [5.41, 5.74) is 0.797. The van der Waals surface area contributed by atoms with E-state index >= 15 is 0 Å². The van der Waals surface area contributed by atoms with Crippen molar-refractivity contribution in [3.05, 3.63) is 66.2 Å². The standard InChI is InChI=1S/C22H20N2O7S/c25-19(11-14-7-3-1-4-8-14)23-16-13-29-24(20(16)26)31-21(27)17-12-18(22(28)30-17)32-15-9-5-2-6-10-15/h1-10,16-18H,11-13H2,(H,23,25)/t16-,17?,18?/m0/s1. The molecule has 2 saturated heterocycles. The number of cyclic esters (lactones) is 1. The molecule has 2 aliphatic heterocycles. The van der Waals surface area contributed by atoms with Gasteiger partial charge in [-0.1, -0.05) is 48.5 Å². The Hall–Kier alpha value is -3.37. The Morgan fingerprint density at radius 1 is 1.06 bits per heavy atom. The minimum absolute atomic E-state index is 0.100. The number of rotatable bonds is 7. The molecule has 0 radical (unpaired) electrons. The molecule has 0 bridgehead atoms. The highest BCUT2D eigenvalue weighted by Gasteiger charge is 2.44. The second-order valence-electron chi connectivity index (χ2n) is 7.16. The van der Waals surface area contributed by atoms with Crippen LogP contribution in [0.15, 0.2) is 65.6 Å². The Bertz CT molecular complexity index is 1000. The Morgan fingerprint density at radius 3 is 2.47 bits per heavy atom. The summed E-state index contributed by atoms with van der Waals surface area (Å²) in [7, 11) is 0. The molecule has 3 atom stereocenters. The number of thioether (sulfide) groups is 1. The molecule has 10 heteroatoms. The third-order valence-electron chi connectivity index (χ3n) is 4.79. The van der Waals surface area contributed by atoms with Crippen LogP contribution in [0.1, 0.15) is 12.0 Å². The molecule has 4 rings (SSSR count). The molecule has 2 heterocycles. The molecule has 32 heavy (non-hydrogen) atoms. The summed E-state index contributed by atoms with van der Waals surface area (Å²) in [4.78, 5) is 60.0. The van der Waals surface area contributed by atoms with E-state index < -0.39 is 35.2 Å². The van der Waals surface area contributed by atoms with Crippen molar-refractivity contribution in [1.82, 2.24) is 10.5 Å². The van der Waals surface area contributed by atoms with Gasteiger partial charge in [0.05, 0.1) is 6.42 Å². The molecule has 0 aliphatic carbocycles. The van der Waals surface area contributed by atoms with E-state index in [9.17, 15) is 19.2 Å². The second kappa shape index (κ2) is 9.84. The minimum Gasteiger partial charge on any atom is -0.449 e. The van der Waals surface area contributed by atoms with Gasteiger partial charge in [-0.15, -0.1) is 11.8 Å². The largest absolute Gasteiger partial charge is 0.449 e. The lowest BCUT2D eigenvalue weighted by Gasteiger charge is -2.15. The fraction of sp³-hybridized carbons (Fsp3) is 0.273. The molecular weight excluding hydrogens is 436 g/mol. The minimum atomic E-state index is -1.15. The second-order valence-corrected chi connectivity index (χ2v) is 8.44. The summed E-state index contributed by atoms with van der Waals surface area (Å²) < 4.78 is 5.11. The number of carbonyl (C=O) groups excluding carboxylic acids is 4. The van der Waals surface area contributed by atoms with E-state index in [1.807, 2.05) is 48.5 Å². The summed E-state index contributed by atoms with van der Waals surface area (Å²) in [5.74, 6) is -2.53. The smallest absolute Gasteiger partial charge is 0.375 e. The quantitative estimate of drug-likeness (QED) is 0.623. The number of nitrogens with zero attached hydrogens (tertiary/aromatic N) is 1. The molecule has 2 fully saturated rings. The molecule has 1 N–H and O–H groups in total. The van der Waals surface area contributed by atoms with Crippen molar-refractivity contribution < 1.29 is 33.6 Å². The van der Waals surface area contributed by atoms with Crippen LogP contribution < -0.4 is 5.32 Å². The molecule has 2 aromatic carbocycles. The summed E-state index contributed by atoms with van der Waals surface area (Å²) in [6.07, 6.45) is -0.939. The van der Waals surface area contributed by atoms with Crippen LogP contribution in [0.2, 0.25) is 0 Å². The van der Waals surface area contributed by atoms with Crippen LogP contribution >= 0.6 is 11.8 Å². The highest BCUT2D eigenvalue weighted by molar-refractivity contribution is 8.00. The highest BCUT2D eigenvalue weighted by atomic mass is 32.2. The zero-order valence-electron chi connectivity index (χ0n) is 16.8. The van der Waals surface area contributed by atoms with E-state index in [0.717, 1.165) is 10.5 Å². The number of ether oxygens (including phenoxy) is 1. The van der Waals surface area contributed by atoms with Crippen molar-refractivity contribution in [3.8, 4) is 0 Å². The molecule has 0 saturated carbocycles. The number of esters is 1. The van der Waals surface area contributed by atoms with Gasteiger partial charge in [-0.3, -0.25) is 14.4 Å². The van der Waals surface area contributed by atoms with Crippen LogP contribution in [0.5, 0.6) is 0 Å². The van der Waals surface area contributed by atoms with Crippen LogP contribution in [0.4, 0.5) is 0 Å². The first-order valence-electron chi connectivity index (χ1n) is 9.94. The monoisotopic (exact) mass is 456 g/mol. The number of nitrogens with one attached hydrogen (secondary N) is 1. The van der Waals surface area contributed by atoms with Crippen molar-refractivity contribution in [1.29, 1.82) is 0 Å². The van der Waals surface area contributed by atoms with E-state index in [4.69, 9.17) is 14.4 Å². The zero-order valence-corrected chi connectivity index (χ0v) is 17.7. The van der Waals surface area contributed by atoms with Crippen molar-refractivity contribution in [2.45, 2.75) is 35.1 Å². The van der Waals surface area contributed by atoms with Crippen molar-refractivity contribution in [2.24, 2.45) is 0 Å². The number of amides is 2. The van der Waals surface area contributed by atoms with Crippen LogP contribution in [0.3, 0.4) is 0 Å². The Kier molecular flexibility index (Phi) is 6.72. The maximum Gasteiger partial charge on any atom is 0.375 e. The number of hydrogen-bond donors (Lipinski definition) is 1. The fourth-order valence-corrected chi connectivity index (χ4v) is 4.27. The predicted octanol–water partition coefficient (Wildman–Crippen LogP) is 1.42. The summed E-state index contributed by atoms with van der Waals surface area (Å²) in [6, 6.07) is 17.3. The molecule has 2 amide bonds. The number of hydroxylamine groups is 2. The van der Waals surface area contributed by atoms with Gasteiger partial charge in [0.15, 0.2) is 0 Å². The summed E-state index contributed by atoms with van der Waals surface area (Å²) >= 11 is 1.29. The van der Waals surface area contributed by atoms with Gasteiger partial charge in [0.25, 0.3) is 0 Å². The Balaban J connectivity index is 1.26. The number of carbonyl (C=O) groups is 4. The molecular formula is C22H20N2O7S. The first kappa shape index (κ1) is 21.8. The Morgan fingerprint density at radius 2 is 1.75 bits per heavy atom. The topological polar surface area (TPSA) is 111 Å². The van der Waals surface area contributed by atoms with Crippen molar-refractivity contribution in [2.75, 3.05) is 6.61 Å². The van der Waals surface area contributed by atoms with Crippen LogP contribution in [-0.2, 0) is 40.0 Å². The molecule has 2 unspecified atom stereocenters. The lowest BCUT2D eigenvalue weighted by Crippen LogP contribution is -2.44. The lowest BCUT2D eigenvalue weighted by molar-refractivity contribution is -0.306. The summed E-state index contributed by atoms with van der Waals surface area (Å²) in [6.45, 7) is -0.177. The van der Waals surface area contributed by atoms with E-state index in [1.165, 1.54) is 11.8 Å². The first-order chi connectivity index (χ1) is 15.5. The van der Waals surface area contributed by atoms with E-state index in [2.05, 4.69) is 5.32 Å². The Labute approximate surface area is 187 Å². The average molecular weight is 456 g/mol. The zero-order chi connectivity index (χ0) is 22.5. The first-order valence-corrected chi connectivity index (χ1v) is 10.8. The maximum atomic E-state index is 12.4.